The lowest BCUT2D eigenvalue weighted by molar-refractivity contribution is -0.126. The third-order valence-electron chi connectivity index (χ3n) is 6.45. The van der Waals surface area contributed by atoms with E-state index >= 15 is 0 Å². The molecule has 1 aliphatic carbocycles. The van der Waals surface area contributed by atoms with Crippen LogP contribution in [0.25, 0.3) is 0 Å². The topological polar surface area (TPSA) is 42.8 Å². The summed E-state index contributed by atoms with van der Waals surface area (Å²) in [7, 11) is 4.01. The molecular formula is C20H34N4O2. The lowest BCUT2D eigenvalue weighted by Gasteiger charge is -2.39. The number of likely N-dealkylation sites (tertiary alicyclic amines) is 2. The third-order valence-corrected chi connectivity index (χ3v) is 6.45. The van der Waals surface area contributed by atoms with Crippen LogP contribution in [0.2, 0.25) is 0 Å². The number of imidazole rings is 1. The first-order valence-electron chi connectivity index (χ1n) is 10.3. The van der Waals surface area contributed by atoms with Crippen LogP contribution >= 0.6 is 0 Å². The summed E-state index contributed by atoms with van der Waals surface area (Å²) in [6.07, 6.45) is 12.5. The molecule has 2 saturated heterocycles. The van der Waals surface area contributed by atoms with E-state index in [4.69, 9.17) is 9.47 Å². The summed E-state index contributed by atoms with van der Waals surface area (Å²) in [4.78, 5) is 9.62. The van der Waals surface area contributed by atoms with Crippen molar-refractivity contribution in [3.05, 3.63) is 18.2 Å². The van der Waals surface area contributed by atoms with Crippen molar-refractivity contribution < 1.29 is 9.47 Å². The van der Waals surface area contributed by atoms with E-state index in [0.717, 1.165) is 45.3 Å². The first-order valence-corrected chi connectivity index (χ1v) is 10.3. The highest BCUT2D eigenvalue weighted by atomic mass is 16.5. The maximum atomic E-state index is 6.22. The van der Waals surface area contributed by atoms with E-state index in [1.54, 1.807) is 7.11 Å². The highest BCUT2D eigenvalue weighted by Crippen LogP contribution is 2.29. The number of rotatable bonds is 6. The average molecular weight is 363 g/mol. The molecule has 0 spiro atoms. The maximum absolute atomic E-state index is 6.22. The van der Waals surface area contributed by atoms with E-state index in [2.05, 4.69) is 32.6 Å². The fourth-order valence-electron chi connectivity index (χ4n) is 4.48. The molecule has 0 aromatic carbocycles. The molecule has 1 saturated carbocycles. The number of aromatic nitrogens is 2. The molecule has 0 bridgehead atoms. The second-order valence-corrected chi connectivity index (χ2v) is 8.41. The van der Waals surface area contributed by atoms with E-state index in [1.165, 1.54) is 31.6 Å². The molecule has 1 aromatic heterocycles. The van der Waals surface area contributed by atoms with Gasteiger partial charge in [-0.3, -0.25) is 4.90 Å². The zero-order valence-electron chi connectivity index (χ0n) is 16.3. The molecule has 3 heterocycles. The van der Waals surface area contributed by atoms with Gasteiger partial charge in [-0.1, -0.05) is 0 Å². The Morgan fingerprint density at radius 3 is 2.42 bits per heavy atom. The van der Waals surface area contributed by atoms with Gasteiger partial charge < -0.3 is 18.9 Å². The lowest BCUT2D eigenvalue weighted by atomic mass is 9.91. The Labute approximate surface area is 157 Å². The van der Waals surface area contributed by atoms with Crippen molar-refractivity contribution in [3.8, 4) is 0 Å². The summed E-state index contributed by atoms with van der Waals surface area (Å²) < 4.78 is 13.9. The Bertz CT molecular complexity index is 556. The summed E-state index contributed by atoms with van der Waals surface area (Å²) in [6, 6.07) is 0.630. The number of nitrogens with zero attached hydrogens (tertiary/aromatic N) is 4. The van der Waals surface area contributed by atoms with Gasteiger partial charge in [0.1, 0.15) is 0 Å². The smallest absolute Gasteiger partial charge is 0.0952 e. The van der Waals surface area contributed by atoms with Gasteiger partial charge in [0.05, 0.1) is 30.3 Å². The summed E-state index contributed by atoms with van der Waals surface area (Å²) in [6.45, 7) is 5.59. The van der Waals surface area contributed by atoms with Crippen molar-refractivity contribution in [3.63, 3.8) is 0 Å². The van der Waals surface area contributed by atoms with E-state index < -0.39 is 0 Å². The Balaban J connectivity index is 1.19. The highest BCUT2D eigenvalue weighted by molar-refractivity contribution is 4.99. The second kappa shape index (κ2) is 8.38. The van der Waals surface area contributed by atoms with Crippen LogP contribution in [0.4, 0.5) is 0 Å². The molecule has 146 valence electrons. The van der Waals surface area contributed by atoms with Crippen molar-refractivity contribution in [1.29, 1.82) is 0 Å². The summed E-state index contributed by atoms with van der Waals surface area (Å²) in [5.41, 5.74) is 1.21. The Morgan fingerprint density at radius 1 is 1.00 bits per heavy atom. The van der Waals surface area contributed by atoms with Crippen LogP contribution in [0.3, 0.4) is 0 Å². The summed E-state index contributed by atoms with van der Waals surface area (Å²) >= 11 is 0. The fourth-order valence-corrected chi connectivity index (χ4v) is 4.48. The molecule has 2 aliphatic heterocycles. The van der Waals surface area contributed by atoms with E-state index in [0.29, 0.717) is 24.4 Å². The van der Waals surface area contributed by atoms with E-state index in [-0.39, 0.29) is 0 Å². The van der Waals surface area contributed by atoms with Crippen LogP contribution in [-0.4, -0.2) is 78.0 Å². The monoisotopic (exact) mass is 362 g/mol. The molecule has 1 aromatic rings. The molecule has 3 fully saturated rings. The van der Waals surface area contributed by atoms with Crippen LogP contribution < -0.4 is 0 Å². The second-order valence-electron chi connectivity index (χ2n) is 8.41. The zero-order chi connectivity index (χ0) is 17.9. The largest absolute Gasteiger partial charge is 0.381 e. The average Bonchev–Trinajstić information content (AvgIpc) is 3.08. The van der Waals surface area contributed by atoms with Crippen LogP contribution in [0.15, 0.2) is 12.5 Å². The van der Waals surface area contributed by atoms with Gasteiger partial charge in [-0.25, -0.2) is 4.98 Å². The molecule has 0 atom stereocenters. The van der Waals surface area contributed by atoms with Crippen molar-refractivity contribution in [2.24, 2.45) is 0 Å². The predicted octanol–water partition coefficient (Wildman–Crippen LogP) is 2.31. The highest BCUT2D eigenvalue weighted by Gasteiger charge is 2.33. The summed E-state index contributed by atoms with van der Waals surface area (Å²) in [5, 5.41) is 0. The fraction of sp³-hybridized carbons (Fsp3) is 0.850. The van der Waals surface area contributed by atoms with Gasteiger partial charge in [-0.2, -0.15) is 0 Å². The number of methoxy groups -OCH3 is 1. The minimum absolute atomic E-state index is 0.430. The van der Waals surface area contributed by atoms with Gasteiger partial charge in [-0.15, -0.1) is 0 Å². The summed E-state index contributed by atoms with van der Waals surface area (Å²) in [5.74, 6) is 0. The third kappa shape index (κ3) is 4.47. The van der Waals surface area contributed by atoms with Crippen LogP contribution in [0.1, 0.15) is 50.3 Å². The van der Waals surface area contributed by atoms with Crippen LogP contribution in [-0.2, 0) is 16.0 Å². The van der Waals surface area contributed by atoms with Crippen LogP contribution in [0.5, 0.6) is 0 Å². The molecule has 6 nitrogen and oxygen atoms in total. The first-order chi connectivity index (χ1) is 12.7. The maximum Gasteiger partial charge on any atom is 0.0952 e. The quantitative estimate of drug-likeness (QED) is 0.777. The molecule has 26 heavy (non-hydrogen) atoms. The lowest BCUT2D eigenvalue weighted by Crippen LogP contribution is -2.43. The molecule has 0 N–H and O–H groups in total. The molecule has 3 aliphatic rings. The Kier molecular flexibility index (Phi) is 5.93. The molecule has 0 radical (unpaired) electrons. The number of hydrogen-bond donors (Lipinski definition) is 0. The number of ether oxygens (including phenoxy) is 2. The van der Waals surface area contributed by atoms with Crippen molar-refractivity contribution >= 4 is 0 Å². The van der Waals surface area contributed by atoms with E-state index in [9.17, 15) is 0 Å². The van der Waals surface area contributed by atoms with Crippen LogP contribution in [0, 0.1) is 0 Å². The van der Waals surface area contributed by atoms with E-state index in [1.807, 2.05) is 6.33 Å². The standard InChI is InChI=1S/C20H34N4O2/c1-22-7-3-17(4-8-22)24-14-16(21-15-24)13-23-9-5-18(6-10-23)26-20-11-19(12-20)25-2/h14-15,17-20H,3-13H2,1-2H3. The molecule has 6 heteroatoms. The van der Waals surface area contributed by atoms with Gasteiger partial charge in [0.25, 0.3) is 0 Å². The minimum Gasteiger partial charge on any atom is -0.381 e. The van der Waals surface area contributed by atoms with Gasteiger partial charge >= 0.3 is 0 Å². The normalized spacial score (nSPS) is 29.8. The minimum atomic E-state index is 0.430. The predicted molar refractivity (Wildman–Crippen MR) is 101 cm³/mol. The van der Waals surface area contributed by atoms with Gasteiger partial charge in [0, 0.05) is 39.0 Å². The van der Waals surface area contributed by atoms with Crippen molar-refractivity contribution in [1.82, 2.24) is 19.4 Å². The molecule has 0 unspecified atom stereocenters. The van der Waals surface area contributed by atoms with Gasteiger partial charge in [0.2, 0.25) is 0 Å². The van der Waals surface area contributed by atoms with Crippen molar-refractivity contribution in [2.75, 3.05) is 40.3 Å². The number of piperidine rings is 2. The zero-order valence-corrected chi connectivity index (χ0v) is 16.3. The molecule has 4 rings (SSSR count). The molecule has 0 amide bonds. The molecular weight excluding hydrogens is 328 g/mol. The number of hydrogen-bond acceptors (Lipinski definition) is 5. The van der Waals surface area contributed by atoms with Gasteiger partial charge in [0.15, 0.2) is 0 Å². The van der Waals surface area contributed by atoms with Gasteiger partial charge in [-0.05, 0) is 58.7 Å². The SMILES string of the molecule is COC1CC(OC2CCN(Cc3cn(C4CCN(C)CC4)cn3)CC2)C1. The Hall–Kier alpha value is -0.950. The first kappa shape index (κ1) is 18.4. The Morgan fingerprint density at radius 2 is 1.73 bits per heavy atom. The van der Waals surface area contributed by atoms with Crippen molar-refractivity contribution in [2.45, 2.75) is 69.4 Å².